The topological polar surface area (TPSA) is 76.8 Å². The predicted octanol–water partition coefficient (Wildman–Crippen LogP) is 1.41. The summed E-state index contributed by atoms with van der Waals surface area (Å²) in [6.45, 7) is 10.7. The van der Waals surface area contributed by atoms with Crippen LogP contribution in [-0.4, -0.2) is 78.7 Å². The van der Waals surface area contributed by atoms with E-state index in [1.54, 1.807) is 13.4 Å². The van der Waals surface area contributed by atoms with Gasteiger partial charge in [0.25, 0.3) is 0 Å². The molecule has 0 amide bonds. The number of guanidine groups is 1. The Balaban J connectivity index is 0.00000338. The molecule has 0 radical (unpaired) electrons. The Hall–Kier alpha value is -0.940. The quantitative estimate of drug-likeness (QED) is 0.236. The third-order valence-corrected chi connectivity index (χ3v) is 4.32. The van der Waals surface area contributed by atoms with Gasteiger partial charge in [-0.25, -0.2) is 0 Å². The number of hydrogen-bond donors (Lipinski definition) is 1. The fourth-order valence-electron chi connectivity index (χ4n) is 2.98. The Bertz CT molecular complexity index is 525. The van der Waals surface area contributed by atoms with Gasteiger partial charge in [-0.1, -0.05) is 6.92 Å². The van der Waals surface area contributed by atoms with Crippen molar-refractivity contribution in [1.82, 2.24) is 25.0 Å². The number of likely N-dealkylation sites (tertiary alicyclic amines) is 1. The van der Waals surface area contributed by atoms with Crippen LogP contribution >= 0.6 is 24.0 Å². The van der Waals surface area contributed by atoms with E-state index in [0.29, 0.717) is 19.1 Å². The second kappa shape index (κ2) is 13.3. The summed E-state index contributed by atoms with van der Waals surface area (Å²) < 4.78 is 12.8. The number of aliphatic imine (C=N–C) groups is 1. The van der Waals surface area contributed by atoms with Gasteiger partial charge in [0.05, 0.1) is 26.4 Å². The number of halogens is 1. The molecule has 1 aliphatic heterocycles. The number of ether oxygens (including phenoxy) is 2. The van der Waals surface area contributed by atoms with Crippen molar-refractivity contribution in [3.63, 3.8) is 0 Å². The molecule has 1 aromatic rings. The first-order valence-electron chi connectivity index (χ1n) is 9.25. The molecule has 2 heterocycles. The van der Waals surface area contributed by atoms with Crippen molar-refractivity contribution in [1.29, 1.82) is 0 Å². The highest BCUT2D eigenvalue weighted by atomic mass is 127. The van der Waals surface area contributed by atoms with Crippen LogP contribution in [0.5, 0.6) is 0 Å². The Kier molecular flexibility index (Phi) is 11.8. The van der Waals surface area contributed by atoms with E-state index in [1.807, 2.05) is 0 Å². The highest BCUT2D eigenvalue weighted by Gasteiger charge is 2.24. The maximum absolute atomic E-state index is 5.67. The normalized spacial score (nSPS) is 17.4. The van der Waals surface area contributed by atoms with Crippen molar-refractivity contribution in [2.75, 3.05) is 53.1 Å². The van der Waals surface area contributed by atoms with Gasteiger partial charge in [0.2, 0.25) is 0 Å². The molecule has 0 bridgehead atoms. The van der Waals surface area contributed by atoms with Crippen molar-refractivity contribution in [3.05, 3.63) is 12.2 Å². The number of hydrogen-bond acceptors (Lipinski definition) is 5. The van der Waals surface area contributed by atoms with E-state index >= 15 is 0 Å². The Labute approximate surface area is 173 Å². The minimum Gasteiger partial charge on any atom is -0.382 e. The summed E-state index contributed by atoms with van der Waals surface area (Å²) in [6.07, 6.45) is 3.81. The van der Waals surface area contributed by atoms with E-state index in [2.05, 4.69) is 38.8 Å². The van der Waals surface area contributed by atoms with E-state index in [1.165, 1.54) is 0 Å². The van der Waals surface area contributed by atoms with Gasteiger partial charge in [0.1, 0.15) is 12.2 Å². The first kappa shape index (κ1) is 23.1. The second-order valence-electron chi connectivity index (χ2n) is 6.20. The summed E-state index contributed by atoms with van der Waals surface area (Å²) in [5, 5.41) is 11.5. The minimum atomic E-state index is 0. The van der Waals surface area contributed by atoms with Crippen molar-refractivity contribution in [2.24, 2.45) is 10.9 Å². The van der Waals surface area contributed by atoms with Gasteiger partial charge in [-0.2, -0.15) is 0 Å². The summed E-state index contributed by atoms with van der Waals surface area (Å²) in [5.74, 6) is 2.56. The molecule has 1 unspecified atom stereocenters. The third kappa shape index (κ3) is 7.36. The SMILES string of the molecule is CCNC(=NCCn1cnnc1CC)N1CCC(COCCOC)C1.I. The summed E-state index contributed by atoms with van der Waals surface area (Å²) in [7, 11) is 1.70. The molecule has 2 rings (SSSR count). The van der Waals surface area contributed by atoms with Gasteiger partial charge in [-0.15, -0.1) is 34.2 Å². The maximum Gasteiger partial charge on any atom is 0.193 e. The van der Waals surface area contributed by atoms with Crippen LogP contribution < -0.4 is 5.32 Å². The average molecular weight is 480 g/mol. The van der Waals surface area contributed by atoms with Crippen LogP contribution in [0.1, 0.15) is 26.1 Å². The van der Waals surface area contributed by atoms with Gasteiger partial charge in [-0.3, -0.25) is 4.99 Å². The lowest BCUT2D eigenvalue weighted by molar-refractivity contribution is 0.0536. The summed E-state index contributed by atoms with van der Waals surface area (Å²) in [6, 6.07) is 0. The molecule has 1 N–H and O–H groups in total. The maximum atomic E-state index is 5.67. The predicted molar refractivity (Wildman–Crippen MR) is 113 cm³/mol. The molecule has 1 aliphatic rings. The monoisotopic (exact) mass is 480 g/mol. The van der Waals surface area contributed by atoms with Gasteiger partial charge in [0, 0.05) is 45.6 Å². The summed E-state index contributed by atoms with van der Waals surface area (Å²) in [4.78, 5) is 7.12. The molecule has 1 atom stereocenters. The van der Waals surface area contributed by atoms with Crippen molar-refractivity contribution in [2.45, 2.75) is 33.2 Å². The molecule has 9 heteroatoms. The molecule has 26 heavy (non-hydrogen) atoms. The number of aryl methyl sites for hydroxylation is 1. The smallest absolute Gasteiger partial charge is 0.193 e. The molecular formula is C17H33IN6O2. The zero-order valence-electron chi connectivity index (χ0n) is 16.2. The van der Waals surface area contributed by atoms with Crippen molar-refractivity contribution >= 4 is 29.9 Å². The van der Waals surface area contributed by atoms with Gasteiger partial charge >= 0.3 is 0 Å². The first-order chi connectivity index (χ1) is 12.3. The van der Waals surface area contributed by atoms with Crippen LogP contribution in [0.4, 0.5) is 0 Å². The average Bonchev–Trinajstić information content (AvgIpc) is 3.27. The van der Waals surface area contributed by atoms with Crippen LogP contribution in [0, 0.1) is 5.92 Å². The molecule has 1 aromatic heterocycles. The number of rotatable bonds is 10. The first-order valence-corrected chi connectivity index (χ1v) is 9.25. The molecular weight excluding hydrogens is 447 g/mol. The van der Waals surface area contributed by atoms with Crippen LogP contribution in [0.15, 0.2) is 11.3 Å². The number of methoxy groups -OCH3 is 1. The summed E-state index contributed by atoms with van der Waals surface area (Å²) in [5.41, 5.74) is 0. The van der Waals surface area contributed by atoms with Crippen LogP contribution in [-0.2, 0) is 22.4 Å². The Morgan fingerprint density at radius 3 is 2.96 bits per heavy atom. The number of nitrogens with one attached hydrogen (secondary N) is 1. The molecule has 0 spiro atoms. The van der Waals surface area contributed by atoms with E-state index in [-0.39, 0.29) is 24.0 Å². The molecule has 8 nitrogen and oxygen atoms in total. The second-order valence-corrected chi connectivity index (χ2v) is 6.20. The molecule has 150 valence electrons. The summed E-state index contributed by atoms with van der Waals surface area (Å²) >= 11 is 0. The van der Waals surface area contributed by atoms with Gasteiger partial charge < -0.3 is 24.3 Å². The van der Waals surface area contributed by atoms with Crippen LogP contribution in [0.25, 0.3) is 0 Å². The molecule has 0 aromatic carbocycles. The molecule has 0 aliphatic carbocycles. The van der Waals surface area contributed by atoms with Crippen molar-refractivity contribution < 1.29 is 9.47 Å². The fraction of sp³-hybridized carbons (Fsp3) is 0.824. The van der Waals surface area contributed by atoms with Crippen LogP contribution in [0.2, 0.25) is 0 Å². The van der Waals surface area contributed by atoms with Crippen LogP contribution in [0.3, 0.4) is 0 Å². The highest BCUT2D eigenvalue weighted by Crippen LogP contribution is 2.16. The number of aromatic nitrogens is 3. The van der Waals surface area contributed by atoms with Crippen molar-refractivity contribution in [3.8, 4) is 0 Å². The van der Waals surface area contributed by atoms with Gasteiger partial charge in [0.15, 0.2) is 5.96 Å². The largest absolute Gasteiger partial charge is 0.382 e. The van der Waals surface area contributed by atoms with E-state index in [0.717, 1.165) is 64.0 Å². The van der Waals surface area contributed by atoms with E-state index in [4.69, 9.17) is 14.5 Å². The highest BCUT2D eigenvalue weighted by molar-refractivity contribution is 14.0. The standard InChI is InChI=1S/C17H32N6O2.HI/c1-4-16-21-20-14-23(16)9-7-19-17(18-5-2)22-8-6-15(12-22)13-25-11-10-24-3;/h14-15H,4-13H2,1-3H3,(H,18,19);1H. The molecule has 0 saturated carbocycles. The van der Waals surface area contributed by atoms with E-state index in [9.17, 15) is 0 Å². The zero-order chi connectivity index (χ0) is 17.9. The fourth-order valence-corrected chi connectivity index (χ4v) is 2.98. The lowest BCUT2D eigenvalue weighted by Crippen LogP contribution is -2.40. The zero-order valence-corrected chi connectivity index (χ0v) is 18.5. The Morgan fingerprint density at radius 2 is 2.23 bits per heavy atom. The number of nitrogens with zero attached hydrogens (tertiary/aromatic N) is 5. The van der Waals surface area contributed by atoms with Gasteiger partial charge in [-0.05, 0) is 13.3 Å². The lowest BCUT2D eigenvalue weighted by atomic mass is 10.1. The lowest BCUT2D eigenvalue weighted by Gasteiger charge is -2.21. The molecule has 1 saturated heterocycles. The van der Waals surface area contributed by atoms with E-state index < -0.39 is 0 Å². The molecule has 1 fully saturated rings. The minimum absolute atomic E-state index is 0. The third-order valence-electron chi connectivity index (χ3n) is 4.32. The Morgan fingerprint density at radius 1 is 1.38 bits per heavy atom.